The molecule has 0 aliphatic rings. The number of aryl methyl sites for hydroxylation is 1. The lowest BCUT2D eigenvalue weighted by Gasteiger charge is -2.11. The van der Waals surface area contributed by atoms with Crippen LogP contribution in [0, 0.1) is 18.6 Å². The van der Waals surface area contributed by atoms with Crippen LogP contribution in [0.1, 0.15) is 5.56 Å². The predicted octanol–water partition coefficient (Wildman–Crippen LogP) is 4.36. The van der Waals surface area contributed by atoms with Crippen LogP contribution in [-0.4, -0.2) is 0 Å². The van der Waals surface area contributed by atoms with E-state index in [1.54, 1.807) is 19.1 Å². The summed E-state index contributed by atoms with van der Waals surface area (Å²) in [5, 5.41) is 2.95. The average Bonchev–Trinajstić information content (AvgIpc) is 2.31. The number of anilines is 3. The fourth-order valence-electron chi connectivity index (χ4n) is 1.50. The van der Waals surface area contributed by atoms with Crippen molar-refractivity contribution in [3.05, 3.63) is 52.0 Å². The van der Waals surface area contributed by atoms with Gasteiger partial charge in [0.1, 0.15) is 11.6 Å². The molecule has 0 fully saturated rings. The van der Waals surface area contributed by atoms with Crippen molar-refractivity contribution in [2.45, 2.75) is 6.92 Å². The minimum atomic E-state index is -0.437. The van der Waals surface area contributed by atoms with E-state index in [1.807, 2.05) is 0 Å². The summed E-state index contributed by atoms with van der Waals surface area (Å²) in [5.41, 5.74) is 7.59. The van der Waals surface area contributed by atoms with Gasteiger partial charge in [-0.3, -0.25) is 0 Å². The van der Waals surface area contributed by atoms with Crippen LogP contribution < -0.4 is 11.1 Å². The molecule has 2 aromatic rings. The zero-order valence-corrected chi connectivity index (χ0v) is 11.2. The van der Waals surface area contributed by atoms with E-state index in [9.17, 15) is 8.78 Å². The lowest BCUT2D eigenvalue weighted by atomic mass is 10.2. The number of nitrogen functional groups attached to an aromatic ring is 1. The van der Waals surface area contributed by atoms with Gasteiger partial charge in [-0.25, -0.2) is 8.78 Å². The first-order valence-corrected chi connectivity index (χ1v) is 6.04. The van der Waals surface area contributed by atoms with Gasteiger partial charge in [-0.2, -0.15) is 0 Å². The summed E-state index contributed by atoms with van der Waals surface area (Å²) >= 11 is 3.08. The summed E-state index contributed by atoms with van der Waals surface area (Å²) < 4.78 is 26.9. The number of nitrogens with two attached hydrogens (primary N) is 1. The number of benzene rings is 2. The number of hydrogen-bond acceptors (Lipinski definition) is 2. The Hall–Kier alpha value is -1.62. The average molecular weight is 313 g/mol. The first-order chi connectivity index (χ1) is 8.47. The molecule has 0 spiro atoms. The van der Waals surface area contributed by atoms with Crippen molar-refractivity contribution in [2.75, 3.05) is 11.1 Å². The third kappa shape index (κ3) is 2.61. The second-order valence-corrected chi connectivity index (χ2v) is 4.80. The monoisotopic (exact) mass is 312 g/mol. The maximum Gasteiger partial charge on any atom is 0.139 e. The van der Waals surface area contributed by atoms with Crippen molar-refractivity contribution in [3.8, 4) is 0 Å². The van der Waals surface area contributed by atoms with Gasteiger partial charge >= 0.3 is 0 Å². The normalized spacial score (nSPS) is 10.4. The highest BCUT2D eigenvalue weighted by molar-refractivity contribution is 9.10. The number of nitrogens with one attached hydrogen (secondary N) is 1. The molecule has 0 unspecified atom stereocenters. The standard InChI is InChI=1S/C13H11BrF2N2/c1-7-2-3-8(4-10(7)15)18-13-5-9(14)11(16)6-12(13)17/h2-6,18H,17H2,1H3. The third-order valence-electron chi connectivity index (χ3n) is 2.54. The van der Waals surface area contributed by atoms with Gasteiger partial charge < -0.3 is 11.1 Å². The van der Waals surface area contributed by atoms with Gasteiger partial charge in [0.2, 0.25) is 0 Å². The summed E-state index contributed by atoms with van der Waals surface area (Å²) in [7, 11) is 0. The first-order valence-electron chi connectivity index (χ1n) is 5.25. The molecular weight excluding hydrogens is 302 g/mol. The molecule has 94 valence electrons. The van der Waals surface area contributed by atoms with Gasteiger partial charge in [0.05, 0.1) is 15.8 Å². The summed E-state index contributed by atoms with van der Waals surface area (Å²) in [6.07, 6.45) is 0. The Kier molecular flexibility index (Phi) is 3.52. The molecule has 2 nitrogen and oxygen atoms in total. The van der Waals surface area contributed by atoms with Crippen LogP contribution in [0.25, 0.3) is 0 Å². The topological polar surface area (TPSA) is 38.0 Å². The van der Waals surface area contributed by atoms with Crippen LogP contribution >= 0.6 is 15.9 Å². The van der Waals surface area contributed by atoms with Gasteiger partial charge in [0.15, 0.2) is 0 Å². The van der Waals surface area contributed by atoms with Crippen LogP contribution in [-0.2, 0) is 0 Å². The van der Waals surface area contributed by atoms with E-state index in [-0.39, 0.29) is 11.5 Å². The van der Waals surface area contributed by atoms with Crippen molar-refractivity contribution in [3.63, 3.8) is 0 Å². The van der Waals surface area contributed by atoms with E-state index in [0.29, 0.717) is 21.4 Å². The Morgan fingerprint density at radius 1 is 1.11 bits per heavy atom. The van der Waals surface area contributed by atoms with E-state index >= 15 is 0 Å². The molecule has 18 heavy (non-hydrogen) atoms. The van der Waals surface area contributed by atoms with Crippen LogP contribution in [0.4, 0.5) is 25.8 Å². The Morgan fingerprint density at radius 3 is 2.50 bits per heavy atom. The smallest absolute Gasteiger partial charge is 0.139 e. The molecule has 3 N–H and O–H groups in total. The molecular formula is C13H11BrF2N2. The highest BCUT2D eigenvalue weighted by Gasteiger charge is 2.07. The summed E-state index contributed by atoms with van der Waals surface area (Å²) in [6.45, 7) is 1.68. The molecule has 0 amide bonds. The van der Waals surface area contributed by atoms with Gasteiger partial charge in [0, 0.05) is 11.8 Å². The Balaban J connectivity index is 2.34. The van der Waals surface area contributed by atoms with Crippen molar-refractivity contribution in [2.24, 2.45) is 0 Å². The zero-order chi connectivity index (χ0) is 13.3. The summed E-state index contributed by atoms with van der Waals surface area (Å²) in [5.74, 6) is -0.743. The second kappa shape index (κ2) is 4.94. The molecule has 2 aromatic carbocycles. The van der Waals surface area contributed by atoms with Crippen LogP contribution in [0.5, 0.6) is 0 Å². The number of halogens is 3. The minimum Gasteiger partial charge on any atom is -0.397 e. The second-order valence-electron chi connectivity index (χ2n) is 3.94. The maximum atomic E-state index is 13.4. The van der Waals surface area contributed by atoms with E-state index in [2.05, 4.69) is 21.2 Å². The Bertz CT molecular complexity index is 600. The largest absolute Gasteiger partial charge is 0.397 e. The fraction of sp³-hybridized carbons (Fsp3) is 0.0769. The van der Waals surface area contributed by atoms with Crippen LogP contribution in [0.2, 0.25) is 0 Å². The van der Waals surface area contributed by atoms with Crippen molar-refractivity contribution in [1.82, 2.24) is 0 Å². The minimum absolute atomic E-state index is 0.261. The molecule has 0 saturated heterocycles. The Labute approximate surface area is 112 Å². The molecule has 0 radical (unpaired) electrons. The van der Waals surface area contributed by atoms with Crippen LogP contribution in [0.3, 0.4) is 0 Å². The van der Waals surface area contributed by atoms with E-state index in [1.165, 1.54) is 18.2 Å². The molecule has 0 aliphatic carbocycles. The van der Waals surface area contributed by atoms with Gasteiger partial charge in [-0.05, 0) is 46.6 Å². The maximum absolute atomic E-state index is 13.4. The zero-order valence-electron chi connectivity index (χ0n) is 9.60. The fourth-order valence-corrected chi connectivity index (χ4v) is 1.84. The lowest BCUT2D eigenvalue weighted by molar-refractivity contribution is 0.619. The summed E-state index contributed by atoms with van der Waals surface area (Å²) in [6, 6.07) is 7.48. The van der Waals surface area contributed by atoms with Gasteiger partial charge in [-0.15, -0.1) is 0 Å². The van der Waals surface area contributed by atoms with E-state index in [4.69, 9.17) is 5.73 Å². The molecule has 2 rings (SSSR count). The predicted molar refractivity (Wildman–Crippen MR) is 72.9 cm³/mol. The van der Waals surface area contributed by atoms with Crippen LogP contribution in [0.15, 0.2) is 34.8 Å². The van der Waals surface area contributed by atoms with Gasteiger partial charge in [0.25, 0.3) is 0 Å². The van der Waals surface area contributed by atoms with Crippen molar-refractivity contribution >= 4 is 33.0 Å². The summed E-state index contributed by atoms with van der Waals surface area (Å²) in [4.78, 5) is 0. The Morgan fingerprint density at radius 2 is 1.83 bits per heavy atom. The number of hydrogen-bond donors (Lipinski definition) is 2. The molecule has 0 saturated carbocycles. The third-order valence-corrected chi connectivity index (χ3v) is 3.15. The molecule has 0 atom stereocenters. The highest BCUT2D eigenvalue weighted by Crippen LogP contribution is 2.29. The number of rotatable bonds is 2. The quantitative estimate of drug-likeness (QED) is 0.808. The molecule has 0 bridgehead atoms. The van der Waals surface area contributed by atoms with E-state index in [0.717, 1.165) is 0 Å². The molecule has 0 aromatic heterocycles. The van der Waals surface area contributed by atoms with E-state index < -0.39 is 5.82 Å². The molecule has 0 heterocycles. The molecule has 5 heteroatoms. The molecule has 0 aliphatic heterocycles. The SMILES string of the molecule is Cc1ccc(Nc2cc(Br)c(F)cc2N)cc1F. The highest BCUT2D eigenvalue weighted by atomic mass is 79.9. The van der Waals surface area contributed by atoms with Crippen molar-refractivity contribution in [1.29, 1.82) is 0 Å². The lowest BCUT2D eigenvalue weighted by Crippen LogP contribution is -1.98. The van der Waals surface area contributed by atoms with Gasteiger partial charge in [-0.1, -0.05) is 6.07 Å². The van der Waals surface area contributed by atoms with Crippen molar-refractivity contribution < 1.29 is 8.78 Å². The first kappa shape index (κ1) is 12.8.